The molecule has 1 aliphatic heterocycles. The summed E-state index contributed by atoms with van der Waals surface area (Å²) in [5.41, 5.74) is 2.21. The lowest BCUT2D eigenvalue weighted by molar-refractivity contribution is -0.764. The molecule has 3 aromatic rings. The third-order valence-electron chi connectivity index (χ3n) is 5.02. The number of anilines is 1. The van der Waals surface area contributed by atoms with Gasteiger partial charge in [0, 0.05) is 16.5 Å². The molecular weight excluding hydrogens is 484 g/mol. The fraction of sp³-hybridized carbons (Fsp3) is 0.238. The number of ether oxygens (including phenoxy) is 2. The van der Waals surface area contributed by atoms with Gasteiger partial charge in [0.1, 0.15) is 0 Å². The van der Waals surface area contributed by atoms with Crippen LogP contribution in [0.2, 0.25) is 0 Å². The Bertz CT molecular complexity index is 1190. The molecule has 1 unspecified atom stereocenters. The highest BCUT2D eigenvalue weighted by molar-refractivity contribution is 9.10. The van der Waals surface area contributed by atoms with E-state index in [4.69, 9.17) is 9.47 Å². The summed E-state index contributed by atoms with van der Waals surface area (Å²) in [4.78, 5) is 18.6. The largest absolute Gasteiger partial charge is 0.854 e. The van der Waals surface area contributed by atoms with Crippen molar-refractivity contribution in [1.82, 2.24) is 10.1 Å². The molecule has 0 saturated heterocycles. The molecule has 1 aliphatic rings. The summed E-state index contributed by atoms with van der Waals surface area (Å²) in [6, 6.07) is 10.8. The maximum Gasteiger partial charge on any atom is 0.294 e. The number of methoxy groups -OCH3 is 2. The number of thioether (sulfide) groups is 1. The minimum absolute atomic E-state index is 0.200. The van der Waals surface area contributed by atoms with Gasteiger partial charge in [-0.2, -0.15) is 0 Å². The van der Waals surface area contributed by atoms with Gasteiger partial charge in [-0.3, -0.25) is 4.79 Å². The second kappa shape index (κ2) is 8.35. The second-order valence-corrected chi connectivity index (χ2v) is 8.33. The third-order valence-corrected chi connectivity index (χ3v) is 6.24. The molecule has 0 fully saturated rings. The number of carbonyl (C=O) groups is 1. The van der Waals surface area contributed by atoms with E-state index in [0.29, 0.717) is 43.6 Å². The summed E-state index contributed by atoms with van der Waals surface area (Å²) in [5.74, 6) is 0.420. The average molecular weight is 503 g/mol. The molecule has 0 saturated carbocycles. The number of aromatic nitrogens is 3. The molecule has 0 spiro atoms. The lowest BCUT2D eigenvalue weighted by Crippen LogP contribution is -2.58. The molecular formula is C21H19BrN4O4S. The molecule has 1 atom stereocenters. The van der Waals surface area contributed by atoms with Gasteiger partial charge in [0.2, 0.25) is 5.91 Å². The van der Waals surface area contributed by atoms with Crippen molar-refractivity contribution in [3.63, 3.8) is 0 Å². The van der Waals surface area contributed by atoms with Gasteiger partial charge in [0.25, 0.3) is 17.0 Å². The number of fused-ring (bicyclic) bond motifs is 3. The molecule has 160 valence electrons. The Labute approximate surface area is 192 Å². The van der Waals surface area contributed by atoms with Gasteiger partial charge >= 0.3 is 0 Å². The molecule has 1 amide bonds. The summed E-state index contributed by atoms with van der Waals surface area (Å²) in [7, 11) is 3.09. The van der Waals surface area contributed by atoms with Gasteiger partial charge < -0.3 is 14.6 Å². The second-order valence-electron chi connectivity index (χ2n) is 6.71. The highest BCUT2D eigenvalue weighted by Gasteiger charge is 2.45. The quantitative estimate of drug-likeness (QED) is 0.400. The van der Waals surface area contributed by atoms with E-state index in [2.05, 4.69) is 26.0 Å². The first kappa shape index (κ1) is 21.4. The Balaban J connectivity index is 2.09. The zero-order valence-corrected chi connectivity index (χ0v) is 19.7. The van der Waals surface area contributed by atoms with Crippen LogP contribution < -0.4 is 24.2 Å². The molecule has 2 aromatic carbocycles. The fourth-order valence-electron chi connectivity index (χ4n) is 3.71. The lowest BCUT2D eigenvalue weighted by atomic mass is 10.0. The third kappa shape index (κ3) is 3.49. The number of carbonyl (C=O) groups excluding carboxylic acids is 1. The van der Waals surface area contributed by atoms with Gasteiger partial charge in [-0.1, -0.05) is 44.5 Å². The van der Waals surface area contributed by atoms with Crippen LogP contribution in [0.5, 0.6) is 17.4 Å². The van der Waals surface area contributed by atoms with Crippen molar-refractivity contribution in [1.29, 1.82) is 0 Å². The van der Waals surface area contributed by atoms with Crippen LogP contribution in [0.15, 0.2) is 46.0 Å². The number of para-hydroxylation sites is 1. The number of amides is 1. The molecule has 0 radical (unpaired) electrons. The number of hydrogen-bond acceptors (Lipinski definition) is 7. The number of nitrogens with zero attached hydrogens (tertiary/aromatic N) is 4. The van der Waals surface area contributed by atoms with Crippen LogP contribution in [-0.2, 0) is 4.79 Å². The molecule has 10 heteroatoms. The van der Waals surface area contributed by atoms with Crippen LogP contribution >= 0.6 is 27.7 Å². The first-order valence-corrected chi connectivity index (χ1v) is 11.3. The predicted octanol–water partition coefficient (Wildman–Crippen LogP) is 2.92. The minimum atomic E-state index is -0.738. The number of hydrogen-bond donors (Lipinski definition) is 0. The zero-order valence-electron chi connectivity index (χ0n) is 17.2. The SMILES string of the molecule is COc1cc(Br)c(C2N(C(C)=O)c3ccccc3-c3c([O-])nc(SC)n[n+]32)cc1OC. The van der Waals surface area contributed by atoms with Crippen molar-refractivity contribution in [2.24, 2.45) is 0 Å². The topological polar surface area (TPSA) is 91.5 Å². The van der Waals surface area contributed by atoms with E-state index in [1.807, 2.05) is 18.2 Å². The molecule has 31 heavy (non-hydrogen) atoms. The predicted molar refractivity (Wildman–Crippen MR) is 117 cm³/mol. The molecule has 0 aliphatic carbocycles. The van der Waals surface area contributed by atoms with Crippen molar-refractivity contribution >= 4 is 39.3 Å². The summed E-state index contributed by atoms with van der Waals surface area (Å²) >= 11 is 4.85. The van der Waals surface area contributed by atoms with Crippen LogP contribution in [-0.4, -0.2) is 36.5 Å². The van der Waals surface area contributed by atoms with E-state index in [1.54, 1.807) is 48.3 Å². The van der Waals surface area contributed by atoms with E-state index in [-0.39, 0.29) is 5.91 Å². The van der Waals surface area contributed by atoms with Crippen LogP contribution in [0.3, 0.4) is 0 Å². The van der Waals surface area contributed by atoms with Gasteiger partial charge in [-0.25, -0.2) is 9.88 Å². The molecule has 0 N–H and O–H groups in total. The van der Waals surface area contributed by atoms with Crippen LogP contribution in [0, 0.1) is 0 Å². The molecule has 2 heterocycles. The summed E-state index contributed by atoms with van der Waals surface area (Å²) < 4.78 is 13.1. The number of benzene rings is 2. The molecule has 1 aromatic heterocycles. The Hall–Kier alpha value is -2.85. The summed E-state index contributed by atoms with van der Waals surface area (Å²) in [5, 5.41) is 17.9. The Morgan fingerprint density at radius 3 is 2.55 bits per heavy atom. The van der Waals surface area contributed by atoms with Crippen molar-refractivity contribution in [3.05, 3.63) is 46.4 Å². The van der Waals surface area contributed by atoms with Crippen LogP contribution in [0.25, 0.3) is 11.3 Å². The highest BCUT2D eigenvalue weighted by atomic mass is 79.9. The first-order chi connectivity index (χ1) is 14.9. The standard InChI is InChI=1S/C21H19BrN4O4S/c1-11(27)25-15-8-6-5-7-12(15)18-19(28)23-21(31-4)24-26(18)20(25)13-9-16(29-2)17(30-3)10-14(13)22/h5-10,20H,1-4H3. The molecule has 4 rings (SSSR count). The minimum Gasteiger partial charge on any atom is -0.854 e. The van der Waals surface area contributed by atoms with E-state index >= 15 is 0 Å². The maximum atomic E-state index is 13.0. The van der Waals surface area contributed by atoms with Crippen molar-refractivity contribution in [2.45, 2.75) is 18.2 Å². The van der Waals surface area contributed by atoms with Crippen molar-refractivity contribution in [3.8, 4) is 28.6 Å². The number of halogens is 1. The fourth-order valence-corrected chi connectivity index (χ4v) is 4.58. The normalized spacial score (nSPS) is 14.6. The maximum absolute atomic E-state index is 13.0. The van der Waals surface area contributed by atoms with Crippen LogP contribution in [0.1, 0.15) is 18.7 Å². The summed E-state index contributed by atoms with van der Waals surface area (Å²) in [6.45, 7) is 1.48. The molecule has 0 bridgehead atoms. The lowest BCUT2D eigenvalue weighted by Gasteiger charge is -2.33. The summed E-state index contributed by atoms with van der Waals surface area (Å²) in [6.07, 6.45) is 1.06. The van der Waals surface area contributed by atoms with Crippen molar-refractivity contribution in [2.75, 3.05) is 25.4 Å². The first-order valence-electron chi connectivity index (χ1n) is 9.26. The monoisotopic (exact) mass is 502 g/mol. The van der Waals surface area contributed by atoms with Crippen LogP contribution in [0.4, 0.5) is 5.69 Å². The smallest absolute Gasteiger partial charge is 0.294 e. The van der Waals surface area contributed by atoms with E-state index in [0.717, 1.165) is 0 Å². The van der Waals surface area contributed by atoms with Gasteiger partial charge in [-0.15, -0.1) is 0 Å². The Morgan fingerprint density at radius 1 is 1.23 bits per heavy atom. The van der Waals surface area contributed by atoms with E-state index in [1.165, 1.54) is 18.7 Å². The zero-order chi connectivity index (χ0) is 22.3. The average Bonchev–Trinajstić information content (AvgIpc) is 2.77. The van der Waals surface area contributed by atoms with Gasteiger partial charge in [0.05, 0.1) is 36.9 Å². The highest BCUT2D eigenvalue weighted by Crippen LogP contribution is 2.44. The van der Waals surface area contributed by atoms with E-state index in [9.17, 15) is 9.90 Å². The van der Waals surface area contributed by atoms with Gasteiger partial charge in [-0.05, 0) is 30.5 Å². The van der Waals surface area contributed by atoms with Gasteiger partial charge in [0.15, 0.2) is 11.5 Å². The number of rotatable bonds is 4. The Morgan fingerprint density at radius 2 is 1.90 bits per heavy atom. The Kier molecular flexibility index (Phi) is 5.76. The van der Waals surface area contributed by atoms with E-state index < -0.39 is 12.0 Å². The van der Waals surface area contributed by atoms with Crippen molar-refractivity contribution < 1.29 is 24.1 Å². The molecule has 8 nitrogen and oxygen atoms in total.